The topological polar surface area (TPSA) is 41.1 Å². The summed E-state index contributed by atoms with van der Waals surface area (Å²) in [5, 5.41) is 7.30. The van der Waals surface area contributed by atoms with Crippen LogP contribution in [0.2, 0.25) is 0 Å². The molecule has 0 aliphatic rings. The van der Waals surface area contributed by atoms with E-state index in [4.69, 9.17) is 0 Å². The maximum Gasteiger partial charge on any atom is 0.193 e. The molecule has 0 bridgehead atoms. The Morgan fingerprint density at radius 2 is 0.619 bits per heavy atom. The minimum absolute atomic E-state index is 0.00145. The van der Waals surface area contributed by atoms with Gasteiger partial charge in [-0.1, -0.05) is 121 Å². The molecule has 6 rings (SSSR count). The van der Waals surface area contributed by atoms with Crippen LogP contribution in [0.15, 0.2) is 170 Å². The van der Waals surface area contributed by atoms with Gasteiger partial charge in [0.1, 0.15) is 0 Å². The SMILES string of the molecule is O=C(c1ccc(NC(c2ccccc2)c2ccccc2)cc1)c1ccc(NC(c2ccccc2)c2ccccc2)cc1. The first kappa shape index (κ1) is 26.8. The predicted molar refractivity (Wildman–Crippen MR) is 173 cm³/mol. The summed E-state index contributed by atoms with van der Waals surface area (Å²) in [5.74, 6) is -0.00145. The van der Waals surface area contributed by atoms with Crippen LogP contribution >= 0.6 is 0 Å². The third-order valence-corrected chi connectivity index (χ3v) is 7.45. The number of hydrogen-bond acceptors (Lipinski definition) is 3. The van der Waals surface area contributed by atoms with E-state index in [0.717, 1.165) is 11.4 Å². The summed E-state index contributed by atoms with van der Waals surface area (Å²) < 4.78 is 0. The monoisotopic (exact) mass is 544 g/mol. The molecule has 0 saturated carbocycles. The van der Waals surface area contributed by atoms with Crippen LogP contribution in [0, 0.1) is 0 Å². The van der Waals surface area contributed by atoms with Gasteiger partial charge in [0.25, 0.3) is 0 Å². The number of hydrogen-bond donors (Lipinski definition) is 2. The van der Waals surface area contributed by atoms with Crippen molar-refractivity contribution in [2.24, 2.45) is 0 Å². The minimum atomic E-state index is -0.00145. The Labute approximate surface area is 247 Å². The highest BCUT2D eigenvalue weighted by Gasteiger charge is 2.16. The van der Waals surface area contributed by atoms with Crippen molar-refractivity contribution < 1.29 is 4.79 Å². The van der Waals surface area contributed by atoms with E-state index in [1.165, 1.54) is 22.3 Å². The van der Waals surface area contributed by atoms with Gasteiger partial charge in [0.15, 0.2) is 5.78 Å². The van der Waals surface area contributed by atoms with Crippen LogP contribution < -0.4 is 10.6 Å². The second-order valence-electron chi connectivity index (χ2n) is 10.3. The lowest BCUT2D eigenvalue weighted by Crippen LogP contribution is -2.13. The highest BCUT2D eigenvalue weighted by atomic mass is 16.1. The Kier molecular flexibility index (Phi) is 8.19. The molecule has 0 aliphatic carbocycles. The Bertz CT molecular complexity index is 1490. The maximum atomic E-state index is 13.4. The van der Waals surface area contributed by atoms with Gasteiger partial charge in [0.2, 0.25) is 0 Å². The van der Waals surface area contributed by atoms with E-state index in [1.54, 1.807) is 0 Å². The average molecular weight is 545 g/mol. The Morgan fingerprint density at radius 3 is 0.881 bits per heavy atom. The molecule has 0 heterocycles. The van der Waals surface area contributed by atoms with E-state index < -0.39 is 0 Å². The molecule has 0 spiro atoms. The lowest BCUT2D eigenvalue weighted by atomic mass is 9.97. The quantitative estimate of drug-likeness (QED) is 0.169. The lowest BCUT2D eigenvalue weighted by Gasteiger charge is -2.21. The number of ketones is 1. The Morgan fingerprint density at radius 1 is 0.357 bits per heavy atom. The fraction of sp³-hybridized carbons (Fsp3) is 0.0513. The molecule has 0 aliphatic heterocycles. The summed E-state index contributed by atoms with van der Waals surface area (Å²) >= 11 is 0. The number of rotatable bonds is 10. The maximum absolute atomic E-state index is 13.4. The van der Waals surface area contributed by atoms with Crippen LogP contribution in [-0.4, -0.2) is 5.78 Å². The van der Waals surface area contributed by atoms with Crippen molar-refractivity contribution in [3.63, 3.8) is 0 Å². The van der Waals surface area contributed by atoms with Gasteiger partial charge in [-0.15, -0.1) is 0 Å². The van der Waals surface area contributed by atoms with Crippen molar-refractivity contribution in [1.82, 2.24) is 0 Å². The zero-order chi connectivity index (χ0) is 28.6. The molecule has 42 heavy (non-hydrogen) atoms. The zero-order valence-electron chi connectivity index (χ0n) is 23.2. The highest BCUT2D eigenvalue weighted by molar-refractivity contribution is 6.09. The first-order chi connectivity index (χ1) is 20.7. The van der Waals surface area contributed by atoms with Crippen LogP contribution in [0.25, 0.3) is 0 Å². The second kappa shape index (κ2) is 12.8. The van der Waals surface area contributed by atoms with Crippen molar-refractivity contribution >= 4 is 17.2 Å². The van der Waals surface area contributed by atoms with Crippen molar-refractivity contribution in [2.75, 3.05) is 10.6 Å². The van der Waals surface area contributed by atoms with Gasteiger partial charge in [-0.05, 0) is 70.8 Å². The second-order valence-corrected chi connectivity index (χ2v) is 10.3. The molecular weight excluding hydrogens is 512 g/mol. The van der Waals surface area contributed by atoms with E-state index in [1.807, 2.05) is 72.8 Å². The van der Waals surface area contributed by atoms with Crippen molar-refractivity contribution in [1.29, 1.82) is 0 Å². The van der Waals surface area contributed by atoms with Gasteiger partial charge in [-0.3, -0.25) is 4.79 Å². The van der Waals surface area contributed by atoms with Crippen molar-refractivity contribution in [3.8, 4) is 0 Å². The fourth-order valence-corrected chi connectivity index (χ4v) is 5.24. The van der Waals surface area contributed by atoms with Crippen LogP contribution in [-0.2, 0) is 0 Å². The van der Waals surface area contributed by atoms with Gasteiger partial charge in [0, 0.05) is 22.5 Å². The number of carbonyl (C=O) groups excluding carboxylic acids is 1. The summed E-state index contributed by atoms with van der Waals surface area (Å²) in [6.45, 7) is 0. The fourth-order valence-electron chi connectivity index (χ4n) is 5.24. The average Bonchev–Trinajstić information content (AvgIpc) is 3.08. The summed E-state index contributed by atoms with van der Waals surface area (Å²) in [7, 11) is 0. The largest absolute Gasteiger partial charge is 0.374 e. The summed E-state index contributed by atoms with van der Waals surface area (Å²) in [4.78, 5) is 13.4. The predicted octanol–water partition coefficient (Wildman–Crippen LogP) is 9.32. The summed E-state index contributed by atoms with van der Waals surface area (Å²) in [6, 6.07) is 57.1. The van der Waals surface area contributed by atoms with Crippen LogP contribution in [0.1, 0.15) is 50.3 Å². The highest BCUT2D eigenvalue weighted by Crippen LogP contribution is 2.29. The molecule has 0 atom stereocenters. The van der Waals surface area contributed by atoms with E-state index in [0.29, 0.717) is 11.1 Å². The summed E-state index contributed by atoms with van der Waals surface area (Å²) in [6.07, 6.45) is 0. The molecule has 0 saturated heterocycles. The molecule has 6 aromatic rings. The molecule has 0 radical (unpaired) electrons. The van der Waals surface area contributed by atoms with Crippen molar-refractivity contribution in [2.45, 2.75) is 12.1 Å². The Balaban J connectivity index is 1.17. The van der Waals surface area contributed by atoms with E-state index in [9.17, 15) is 4.79 Å². The zero-order valence-corrected chi connectivity index (χ0v) is 23.2. The molecule has 0 fully saturated rings. The number of benzene rings is 6. The van der Waals surface area contributed by atoms with Gasteiger partial charge < -0.3 is 10.6 Å². The standard InChI is InChI=1S/C39H32N2O/c42-39(33-21-25-35(26-22-33)40-37(29-13-5-1-6-14-29)30-15-7-2-8-16-30)34-23-27-36(28-24-34)41-38(31-17-9-3-10-18-31)32-19-11-4-12-20-32/h1-28,37-38,40-41H. The Hall–Kier alpha value is -5.41. The third-order valence-electron chi connectivity index (χ3n) is 7.45. The van der Waals surface area contributed by atoms with Gasteiger partial charge >= 0.3 is 0 Å². The molecule has 2 N–H and O–H groups in total. The molecule has 204 valence electrons. The van der Waals surface area contributed by atoms with Crippen LogP contribution in [0.4, 0.5) is 11.4 Å². The molecule has 3 heteroatoms. The molecular formula is C39H32N2O. The van der Waals surface area contributed by atoms with E-state index in [-0.39, 0.29) is 17.9 Å². The number of anilines is 2. The van der Waals surface area contributed by atoms with Gasteiger partial charge in [0.05, 0.1) is 12.1 Å². The van der Waals surface area contributed by atoms with Gasteiger partial charge in [-0.25, -0.2) is 0 Å². The number of carbonyl (C=O) groups is 1. The molecule has 0 amide bonds. The van der Waals surface area contributed by atoms with Crippen LogP contribution in [0.5, 0.6) is 0 Å². The first-order valence-electron chi connectivity index (χ1n) is 14.2. The minimum Gasteiger partial charge on any atom is -0.374 e. The summed E-state index contributed by atoms with van der Waals surface area (Å²) in [5.41, 5.74) is 7.94. The lowest BCUT2D eigenvalue weighted by molar-refractivity contribution is 0.103. The third kappa shape index (κ3) is 6.32. The van der Waals surface area contributed by atoms with Crippen molar-refractivity contribution in [3.05, 3.63) is 203 Å². The van der Waals surface area contributed by atoms with E-state index in [2.05, 4.69) is 108 Å². The normalized spacial score (nSPS) is 10.9. The van der Waals surface area contributed by atoms with Gasteiger partial charge in [-0.2, -0.15) is 0 Å². The van der Waals surface area contributed by atoms with Crippen LogP contribution in [0.3, 0.4) is 0 Å². The number of nitrogens with one attached hydrogen (secondary N) is 2. The molecule has 0 unspecified atom stereocenters. The molecule has 0 aromatic heterocycles. The molecule has 6 aromatic carbocycles. The smallest absolute Gasteiger partial charge is 0.193 e. The first-order valence-corrected chi connectivity index (χ1v) is 14.2. The molecule has 3 nitrogen and oxygen atoms in total. The van der Waals surface area contributed by atoms with E-state index >= 15 is 0 Å².